The van der Waals surface area contributed by atoms with Crippen molar-refractivity contribution in [3.63, 3.8) is 0 Å². The zero-order valence-corrected chi connectivity index (χ0v) is 17.7. The summed E-state index contributed by atoms with van der Waals surface area (Å²) in [6.07, 6.45) is 2.09. The molecule has 0 aliphatic heterocycles. The van der Waals surface area contributed by atoms with Crippen LogP contribution in [0.2, 0.25) is 0 Å². The smallest absolute Gasteiger partial charge is 0.261 e. The van der Waals surface area contributed by atoms with Gasteiger partial charge in [-0.05, 0) is 87.9 Å². The van der Waals surface area contributed by atoms with E-state index in [2.05, 4.69) is 23.5 Å². The van der Waals surface area contributed by atoms with Crippen LogP contribution in [0.3, 0.4) is 0 Å². The number of rotatable bonds is 10. The number of hydrogen-bond acceptors (Lipinski definition) is 3. The van der Waals surface area contributed by atoms with Gasteiger partial charge in [-0.1, -0.05) is 25.1 Å². The fourth-order valence-corrected chi connectivity index (χ4v) is 3.15. The quantitative estimate of drug-likeness (QED) is 0.588. The third kappa shape index (κ3) is 7.26. The third-order valence-corrected chi connectivity index (χ3v) is 4.35. The number of nitrogens with one attached hydrogen (secondary N) is 1. The molecule has 0 aliphatic rings. The molecule has 1 amide bonds. The summed E-state index contributed by atoms with van der Waals surface area (Å²) in [6, 6.07) is 14.2. The number of ether oxygens (including phenoxy) is 2. The average molecular weight is 384 g/mol. The van der Waals surface area contributed by atoms with E-state index in [-0.39, 0.29) is 12.0 Å². The van der Waals surface area contributed by atoms with Crippen LogP contribution in [0.4, 0.5) is 0 Å². The first kappa shape index (κ1) is 21.8. The molecular weight excluding hydrogens is 350 g/mol. The Hall–Kier alpha value is -2.49. The molecule has 2 rings (SSSR count). The zero-order valence-electron chi connectivity index (χ0n) is 17.7. The third-order valence-electron chi connectivity index (χ3n) is 4.35. The highest BCUT2D eigenvalue weighted by Crippen LogP contribution is 2.19. The number of amides is 1. The van der Waals surface area contributed by atoms with Crippen molar-refractivity contribution in [1.82, 2.24) is 5.32 Å². The Bertz CT molecular complexity index is 750. The molecule has 0 saturated carbocycles. The summed E-state index contributed by atoms with van der Waals surface area (Å²) in [6.45, 7) is 10.7. The summed E-state index contributed by atoms with van der Waals surface area (Å²) in [7, 11) is 0. The van der Waals surface area contributed by atoms with Gasteiger partial charge in [-0.25, -0.2) is 0 Å². The zero-order chi connectivity index (χ0) is 20.5. The molecular formula is C24H33NO3. The standard InChI is InChI=1S/C24H33NO3/c1-6-23(28-22-14-18(4)13-19(5)15-22)24(26)25-12-8-10-20-9-7-11-21(16-20)27-17(2)3/h7,9,11,13-17,23H,6,8,10,12H2,1-5H3,(H,25,26)/t23-/m0/s1. The highest BCUT2D eigenvalue weighted by Gasteiger charge is 2.18. The SMILES string of the molecule is CC[C@H](Oc1cc(C)cc(C)c1)C(=O)NCCCc1cccc(OC(C)C)c1. The summed E-state index contributed by atoms with van der Waals surface area (Å²) in [5.41, 5.74) is 3.48. The number of aryl methyl sites for hydroxylation is 3. The Labute approximate surface area is 169 Å². The van der Waals surface area contributed by atoms with E-state index in [9.17, 15) is 4.79 Å². The van der Waals surface area contributed by atoms with Gasteiger partial charge in [0.2, 0.25) is 0 Å². The summed E-state index contributed by atoms with van der Waals surface area (Å²) in [4.78, 5) is 12.5. The highest BCUT2D eigenvalue weighted by molar-refractivity contribution is 5.81. The van der Waals surface area contributed by atoms with E-state index in [1.54, 1.807) is 0 Å². The first-order valence-corrected chi connectivity index (χ1v) is 10.2. The minimum absolute atomic E-state index is 0.0569. The molecule has 4 nitrogen and oxygen atoms in total. The molecule has 0 aliphatic carbocycles. The van der Waals surface area contributed by atoms with Crippen molar-refractivity contribution in [2.24, 2.45) is 0 Å². The first-order chi connectivity index (χ1) is 13.4. The van der Waals surface area contributed by atoms with Crippen LogP contribution in [0.15, 0.2) is 42.5 Å². The van der Waals surface area contributed by atoms with E-state index in [0.717, 1.165) is 35.5 Å². The molecule has 0 fully saturated rings. The molecule has 28 heavy (non-hydrogen) atoms. The van der Waals surface area contributed by atoms with Crippen LogP contribution in [-0.2, 0) is 11.2 Å². The van der Waals surface area contributed by atoms with Gasteiger partial charge in [0.25, 0.3) is 5.91 Å². The fourth-order valence-electron chi connectivity index (χ4n) is 3.15. The summed E-state index contributed by atoms with van der Waals surface area (Å²) in [5, 5.41) is 3.01. The summed E-state index contributed by atoms with van der Waals surface area (Å²) < 4.78 is 11.7. The lowest BCUT2D eigenvalue weighted by molar-refractivity contribution is -0.128. The van der Waals surface area contributed by atoms with Gasteiger partial charge in [0.05, 0.1) is 6.10 Å². The predicted octanol–water partition coefficient (Wildman–Crippen LogP) is 5.00. The maximum atomic E-state index is 12.5. The minimum Gasteiger partial charge on any atom is -0.491 e. The monoisotopic (exact) mass is 383 g/mol. The van der Waals surface area contributed by atoms with E-state index in [1.807, 2.05) is 58.9 Å². The van der Waals surface area contributed by atoms with Crippen molar-refractivity contribution in [2.75, 3.05) is 6.54 Å². The summed E-state index contributed by atoms with van der Waals surface area (Å²) >= 11 is 0. The highest BCUT2D eigenvalue weighted by atomic mass is 16.5. The maximum Gasteiger partial charge on any atom is 0.261 e. The lowest BCUT2D eigenvalue weighted by Crippen LogP contribution is -2.38. The van der Waals surface area contributed by atoms with Crippen LogP contribution >= 0.6 is 0 Å². The van der Waals surface area contributed by atoms with Crippen LogP contribution in [0, 0.1) is 13.8 Å². The van der Waals surface area contributed by atoms with Crippen molar-refractivity contribution in [2.45, 2.75) is 66.1 Å². The van der Waals surface area contributed by atoms with E-state index >= 15 is 0 Å². The topological polar surface area (TPSA) is 47.6 Å². The molecule has 0 bridgehead atoms. The van der Waals surface area contributed by atoms with Crippen LogP contribution < -0.4 is 14.8 Å². The van der Waals surface area contributed by atoms with E-state index in [4.69, 9.17) is 9.47 Å². The lowest BCUT2D eigenvalue weighted by atomic mass is 10.1. The molecule has 0 radical (unpaired) electrons. The van der Waals surface area contributed by atoms with Crippen molar-refractivity contribution >= 4 is 5.91 Å². The Balaban J connectivity index is 1.80. The molecule has 0 heterocycles. The van der Waals surface area contributed by atoms with Gasteiger partial charge in [0.1, 0.15) is 11.5 Å². The van der Waals surface area contributed by atoms with E-state index in [1.165, 1.54) is 5.56 Å². The Morgan fingerprint density at radius 3 is 2.36 bits per heavy atom. The molecule has 152 valence electrons. The van der Waals surface area contributed by atoms with Gasteiger partial charge < -0.3 is 14.8 Å². The van der Waals surface area contributed by atoms with Crippen molar-refractivity contribution in [3.8, 4) is 11.5 Å². The van der Waals surface area contributed by atoms with Gasteiger partial charge >= 0.3 is 0 Å². The van der Waals surface area contributed by atoms with E-state index in [0.29, 0.717) is 13.0 Å². The van der Waals surface area contributed by atoms with E-state index < -0.39 is 6.10 Å². The largest absolute Gasteiger partial charge is 0.491 e. The Morgan fingerprint density at radius 1 is 1.00 bits per heavy atom. The number of benzene rings is 2. The fraction of sp³-hybridized carbons (Fsp3) is 0.458. The van der Waals surface area contributed by atoms with Gasteiger partial charge in [-0.3, -0.25) is 4.79 Å². The van der Waals surface area contributed by atoms with Crippen molar-refractivity contribution in [3.05, 3.63) is 59.2 Å². The first-order valence-electron chi connectivity index (χ1n) is 10.2. The molecule has 2 aromatic rings. The lowest BCUT2D eigenvalue weighted by Gasteiger charge is -2.18. The molecule has 0 saturated heterocycles. The second-order valence-corrected chi connectivity index (χ2v) is 7.55. The van der Waals surface area contributed by atoms with Gasteiger partial charge in [0, 0.05) is 6.54 Å². The predicted molar refractivity (Wildman–Crippen MR) is 114 cm³/mol. The Morgan fingerprint density at radius 2 is 1.71 bits per heavy atom. The number of carbonyl (C=O) groups excluding carboxylic acids is 1. The van der Waals surface area contributed by atoms with Gasteiger partial charge in [0.15, 0.2) is 6.10 Å². The van der Waals surface area contributed by atoms with Crippen LogP contribution in [-0.4, -0.2) is 24.7 Å². The van der Waals surface area contributed by atoms with Crippen molar-refractivity contribution in [1.29, 1.82) is 0 Å². The molecule has 1 N–H and O–H groups in total. The molecule has 1 atom stereocenters. The van der Waals surface area contributed by atoms with Gasteiger partial charge in [-0.2, -0.15) is 0 Å². The van der Waals surface area contributed by atoms with Crippen molar-refractivity contribution < 1.29 is 14.3 Å². The van der Waals surface area contributed by atoms with Crippen LogP contribution in [0.25, 0.3) is 0 Å². The number of carbonyl (C=O) groups is 1. The number of hydrogen-bond donors (Lipinski definition) is 1. The molecule has 4 heteroatoms. The molecule has 0 unspecified atom stereocenters. The van der Waals surface area contributed by atoms with Crippen LogP contribution in [0.5, 0.6) is 11.5 Å². The summed E-state index contributed by atoms with van der Waals surface area (Å²) in [5.74, 6) is 1.59. The average Bonchev–Trinajstić information content (AvgIpc) is 2.62. The molecule has 2 aromatic carbocycles. The van der Waals surface area contributed by atoms with Crippen LogP contribution in [0.1, 0.15) is 50.3 Å². The molecule has 0 aromatic heterocycles. The second-order valence-electron chi connectivity index (χ2n) is 7.55. The maximum absolute atomic E-state index is 12.5. The second kappa shape index (κ2) is 10.7. The minimum atomic E-state index is -0.469. The normalized spacial score (nSPS) is 11.9. The molecule has 0 spiro atoms. The van der Waals surface area contributed by atoms with Gasteiger partial charge in [-0.15, -0.1) is 0 Å². The Kier molecular flexibility index (Phi) is 8.37.